The lowest BCUT2D eigenvalue weighted by molar-refractivity contribution is 0.146. The van der Waals surface area contributed by atoms with Gasteiger partial charge in [0.25, 0.3) is 0 Å². The first kappa shape index (κ1) is 11.1. The third-order valence-corrected chi connectivity index (χ3v) is 2.10. The zero-order chi connectivity index (χ0) is 10.4. The van der Waals surface area contributed by atoms with Crippen LogP contribution in [0, 0.1) is 0 Å². The Bertz CT molecular complexity index is 252. The first-order valence-electron chi connectivity index (χ1n) is 4.95. The Morgan fingerprint density at radius 2 is 1.71 bits per heavy atom. The molecule has 14 heavy (non-hydrogen) atoms. The van der Waals surface area contributed by atoms with E-state index >= 15 is 0 Å². The van der Waals surface area contributed by atoms with Crippen molar-refractivity contribution < 1.29 is 9.47 Å². The van der Waals surface area contributed by atoms with Crippen molar-refractivity contribution in [3.05, 3.63) is 29.8 Å². The minimum Gasteiger partial charge on any atom is -0.491 e. The van der Waals surface area contributed by atoms with Gasteiger partial charge in [-0.3, -0.25) is 0 Å². The van der Waals surface area contributed by atoms with Gasteiger partial charge >= 0.3 is 0 Å². The molecule has 0 aliphatic rings. The molecule has 0 radical (unpaired) electrons. The standard InChI is InChI=1S/C12H18O2/c1-10(2)11-4-6-12(7-5-11)14-9-8-13-3/h4-7,10H,8-9H2,1-3H3. The summed E-state index contributed by atoms with van der Waals surface area (Å²) in [6.45, 7) is 5.60. The summed E-state index contributed by atoms with van der Waals surface area (Å²) in [5.41, 5.74) is 1.34. The van der Waals surface area contributed by atoms with Crippen LogP contribution in [0.15, 0.2) is 24.3 Å². The zero-order valence-corrected chi connectivity index (χ0v) is 9.12. The number of rotatable bonds is 5. The molecule has 0 aliphatic heterocycles. The van der Waals surface area contributed by atoms with E-state index in [0.717, 1.165) is 5.75 Å². The minimum absolute atomic E-state index is 0.572. The summed E-state index contributed by atoms with van der Waals surface area (Å²) in [6.07, 6.45) is 0. The van der Waals surface area contributed by atoms with Crippen molar-refractivity contribution in [2.75, 3.05) is 20.3 Å². The molecule has 1 rings (SSSR count). The van der Waals surface area contributed by atoms with E-state index in [2.05, 4.69) is 26.0 Å². The molecule has 0 atom stereocenters. The highest BCUT2D eigenvalue weighted by atomic mass is 16.5. The molecular formula is C12H18O2. The number of hydrogen-bond acceptors (Lipinski definition) is 2. The van der Waals surface area contributed by atoms with E-state index in [1.165, 1.54) is 5.56 Å². The van der Waals surface area contributed by atoms with Gasteiger partial charge in [-0.15, -0.1) is 0 Å². The monoisotopic (exact) mass is 194 g/mol. The molecule has 0 unspecified atom stereocenters. The summed E-state index contributed by atoms with van der Waals surface area (Å²) in [6, 6.07) is 8.22. The molecule has 1 aromatic carbocycles. The Balaban J connectivity index is 2.47. The lowest BCUT2D eigenvalue weighted by Crippen LogP contribution is -2.04. The van der Waals surface area contributed by atoms with Crippen LogP contribution < -0.4 is 4.74 Å². The number of ether oxygens (including phenoxy) is 2. The second-order valence-corrected chi connectivity index (χ2v) is 3.56. The third kappa shape index (κ3) is 3.38. The highest BCUT2D eigenvalue weighted by Crippen LogP contribution is 2.18. The fourth-order valence-corrected chi connectivity index (χ4v) is 1.19. The van der Waals surface area contributed by atoms with Gasteiger partial charge in [0.05, 0.1) is 6.61 Å². The van der Waals surface area contributed by atoms with Crippen LogP contribution in [0.3, 0.4) is 0 Å². The molecule has 0 heterocycles. The first-order valence-corrected chi connectivity index (χ1v) is 4.95. The van der Waals surface area contributed by atoms with Gasteiger partial charge < -0.3 is 9.47 Å². The molecule has 0 spiro atoms. The van der Waals surface area contributed by atoms with E-state index in [1.54, 1.807) is 7.11 Å². The van der Waals surface area contributed by atoms with Crippen molar-refractivity contribution in [1.29, 1.82) is 0 Å². The van der Waals surface area contributed by atoms with Gasteiger partial charge in [0.15, 0.2) is 0 Å². The molecule has 0 N–H and O–H groups in total. The fraction of sp³-hybridized carbons (Fsp3) is 0.500. The van der Waals surface area contributed by atoms with Crippen LogP contribution in [0.4, 0.5) is 0 Å². The molecule has 2 nitrogen and oxygen atoms in total. The second-order valence-electron chi connectivity index (χ2n) is 3.56. The smallest absolute Gasteiger partial charge is 0.119 e. The summed E-state index contributed by atoms with van der Waals surface area (Å²) in [7, 11) is 1.67. The second kappa shape index (κ2) is 5.66. The number of hydrogen-bond donors (Lipinski definition) is 0. The Morgan fingerprint density at radius 1 is 1.07 bits per heavy atom. The minimum atomic E-state index is 0.572. The molecule has 0 saturated heterocycles. The predicted molar refractivity (Wildman–Crippen MR) is 57.9 cm³/mol. The van der Waals surface area contributed by atoms with Crippen LogP contribution in [0.2, 0.25) is 0 Å². The first-order chi connectivity index (χ1) is 6.74. The maximum Gasteiger partial charge on any atom is 0.119 e. The lowest BCUT2D eigenvalue weighted by Gasteiger charge is -2.08. The molecule has 0 aromatic heterocycles. The lowest BCUT2D eigenvalue weighted by atomic mass is 10.0. The van der Waals surface area contributed by atoms with Crippen molar-refractivity contribution in [3.8, 4) is 5.75 Å². The van der Waals surface area contributed by atoms with Crippen molar-refractivity contribution in [2.24, 2.45) is 0 Å². The van der Waals surface area contributed by atoms with Gasteiger partial charge in [-0.25, -0.2) is 0 Å². The summed E-state index contributed by atoms with van der Waals surface area (Å²) in [5.74, 6) is 1.48. The van der Waals surface area contributed by atoms with Crippen molar-refractivity contribution in [2.45, 2.75) is 19.8 Å². The van der Waals surface area contributed by atoms with Gasteiger partial charge in [0.2, 0.25) is 0 Å². The van der Waals surface area contributed by atoms with Crippen molar-refractivity contribution >= 4 is 0 Å². The molecular weight excluding hydrogens is 176 g/mol. The van der Waals surface area contributed by atoms with Gasteiger partial charge in [0.1, 0.15) is 12.4 Å². The Labute approximate surface area is 85.8 Å². The van der Waals surface area contributed by atoms with E-state index in [9.17, 15) is 0 Å². The molecule has 0 amide bonds. The SMILES string of the molecule is COCCOc1ccc(C(C)C)cc1. The topological polar surface area (TPSA) is 18.5 Å². The highest BCUT2D eigenvalue weighted by Gasteiger charge is 1.98. The molecule has 1 aromatic rings. The Hall–Kier alpha value is -1.02. The van der Waals surface area contributed by atoms with Crippen LogP contribution in [0.25, 0.3) is 0 Å². The average molecular weight is 194 g/mol. The maximum absolute atomic E-state index is 5.46. The molecule has 2 heteroatoms. The fourth-order valence-electron chi connectivity index (χ4n) is 1.19. The Kier molecular flexibility index (Phi) is 4.47. The van der Waals surface area contributed by atoms with Crippen LogP contribution >= 0.6 is 0 Å². The molecule has 78 valence electrons. The summed E-state index contributed by atoms with van der Waals surface area (Å²) < 4.78 is 10.4. The van der Waals surface area contributed by atoms with E-state index in [-0.39, 0.29) is 0 Å². The predicted octanol–water partition coefficient (Wildman–Crippen LogP) is 2.84. The van der Waals surface area contributed by atoms with Crippen LogP contribution in [-0.4, -0.2) is 20.3 Å². The van der Waals surface area contributed by atoms with E-state index in [0.29, 0.717) is 19.1 Å². The third-order valence-electron chi connectivity index (χ3n) is 2.10. The van der Waals surface area contributed by atoms with Crippen LogP contribution in [0.5, 0.6) is 5.75 Å². The largest absolute Gasteiger partial charge is 0.491 e. The summed E-state index contributed by atoms with van der Waals surface area (Å²) in [4.78, 5) is 0. The van der Waals surface area contributed by atoms with E-state index < -0.39 is 0 Å². The zero-order valence-electron chi connectivity index (χ0n) is 9.12. The van der Waals surface area contributed by atoms with Crippen LogP contribution in [-0.2, 0) is 4.74 Å². The summed E-state index contributed by atoms with van der Waals surface area (Å²) >= 11 is 0. The van der Waals surface area contributed by atoms with Gasteiger partial charge in [-0.2, -0.15) is 0 Å². The van der Waals surface area contributed by atoms with Crippen LogP contribution in [0.1, 0.15) is 25.3 Å². The summed E-state index contributed by atoms with van der Waals surface area (Å²) in [5, 5.41) is 0. The molecule has 0 saturated carbocycles. The number of methoxy groups -OCH3 is 1. The van der Waals surface area contributed by atoms with E-state index in [4.69, 9.17) is 9.47 Å². The maximum atomic E-state index is 5.46. The number of benzene rings is 1. The highest BCUT2D eigenvalue weighted by molar-refractivity contribution is 5.28. The quantitative estimate of drug-likeness (QED) is 0.671. The normalized spacial score (nSPS) is 10.6. The van der Waals surface area contributed by atoms with Gasteiger partial charge in [0, 0.05) is 7.11 Å². The van der Waals surface area contributed by atoms with Gasteiger partial charge in [-0.1, -0.05) is 26.0 Å². The molecule has 0 fully saturated rings. The average Bonchev–Trinajstić information content (AvgIpc) is 2.19. The van der Waals surface area contributed by atoms with E-state index in [1.807, 2.05) is 12.1 Å². The van der Waals surface area contributed by atoms with Gasteiger partial charge in [-0.05, 0) is 23.6 Å². The Morgan fingerprint density at radius 3 is 2.21 bits per heavy atom. The van der Waals surface area contributed by atoms with Crippen molar-refractivity contribution in [1.82, 2.24) is 0 Å². The molecule has 0 bridgehead atoms. The van der Waals surface area contributed by atoms with Crippen molar-refractivity contribution in [3.63, 3.8) is 0 Å². The molecule has 0 aliphatic carbocycles.